The van der Waals surface area contributed by atoms with E-state index < -0.39 is 23.8 Å². The van der Waals surface area contributed by atoms with Crippen LogP contribution in [0, 0.1) is 23.0 Å². The third kappa shape index (κ3) is 7.53. The number of piperidine rings is 1. The third-order valence-corrected chi connectivity index (χ3v) is 9.78. The average molecular weight is 749 g/mol. The Morgan fingerprint density at radius 1 is 1.22 bits per heavy atom. The fraction of sp³-hybridized carbons (Fsp3) is 0.303. The zero-order valence-corrected chi connectivity index (χ0v) is 28.8. The maximum atomic E-state index is 16.8. The normalized spacial score (nSPS) is 14.5. The Morgan fingerprint density at radius 2 is 1.88 bits per heavy atom. The molecule has 0 bridgehead atoms. The standard InChI is InChI=1S/C31H29ClF2N8OS.C2HF3O2/c1-15(17-5-4-10-38-28(17)36)42(3)30-19-13-21(32)24(18-6-7-22(33)27-23(18)20(14-35)29(37)44-27)25(34)26(19)39-31(40-30)43-16-8-11-41(2)12-9-16;3-2(4,5)1(6)7/h4-7,10,13,15-16H,8-9,11-12,37H2,1-3H3,(H2,36,38);(H,6,7)/t15-;/m1./s1. The summed E-state index contributed by atoms with van der Waals surface area (Å²) < 4.78 is 69.8. The number of thiophene rings is 1. The number of hydrogen-bond donors (Lipinski definition) is 3. The highest BCUT2D eigenvalue weighted by atomic mass is 35.5. The summed E-state index contributed by atoms with van der Waals surface area (Å²) in [5, 5.41) is 17.7. The monoisotopic (exact) mass is 748 g/mol. The number of alkyl halides is 3. The summed E-state index contributed by atoms with van der Waals surface area (Å²) in [5.41, 5.74) is 13.2. The lowest BCUT2D eigenvalue weighted by Gasteiger charge is -2.30. The molecule has 268 valence electrons. The van der Waals surface area contributed by atoms with Crippen LogP contribution in [0.4, 0.5) is 38.6 Å². The smallest absolute Gasteiger partial charge is 0.475 e. The minimum atomic E-state index is -5.08. The van der Waals surface area contributed by atoms with Gasteiger partial charge in [0.25, 0.3) is 0 Å². The van der Waals surface area contributed by atoms with Crippen molar-refractivity contribution in [2.24, 2.45) is 0 Å². The number of hydrogen-bond acceptors (Lipinski definition) is 11. The van der Waals surface area contributed by atoms with E-state index in [1.807, 2.05) is 38.1 Å². The Labute approximate surface area is 296 Å². The van der Waals surface area contributed by atoms with E-state index in [1.54, 1.807) is 18.3 Å². The molecule has 1 atom stereocenters. The van der Waals surface area contributed by atoms with Crippen LogP contribution in [0.25, 0.3) is 32.1 Å². The van der Waals surface area contributed by atoms with E-state index in [1.165, 1.54) is 12.1 Å². The molecule has 11 nitrogen and oxygen atoms in total. The number of aromatic nitrogens is 3. The number of ether oxygens (including phenoxy) is 1. The van der Waals surface area contributed by atoms with Gasteiger partial charge in [-0.05, 0) is 50.6 Å². The van der Waals surface area contributed by atoms with E-state index in [9.17, 15) is 22.8 Å². The molecule has 5 aromatic rings. The number of nitrogen functional groups attached to an aromatic ring is 2. The SMILES string of the molecule is C[C@H](c1cccnc1N)N(C)c1nc(OC2CCN(C)CC2)nc2c(F)c(-c3ccc(F)c4sc(N)c(C#N)c34)c(Cl)cc12.O=C(O)C(F)(F)F. The number of aliphatic carboxylic acids is 1. The van der Waals surface area contributed by atoms with Crippen molar-refractivity contribution in [3.63, 3.8) is 0 Å². The van der Waals surface area contributed by atoms with E-state index in [-0.39, 0.29) is 60.5 Å². The quantitative estimate of drug-likeness (QED) is 0.151. The molecule has 1 fully saturated rings. The van der Waals surface area contributed by atoms with Crippen molar-refractivity contribution in [3.8, 4) is 23.2 Å². The molecule has 5 N–H and O–H groups in total. The van der Waals surface area contributed by atoms with Crippen molar-refractivity contribution >= 4 is 66.5 Å². The highest BCUT2D eigenvalue weighted by molar-refractivity contribution is 7.23. The molecule has 0 saturated carbocycles. The zero-order chi connectivity index (χ0) is 37.4. The zero-order valence-electron chi connectivity index (χ0n) is 27.2. The molecule has 4 heterocycles. The minimum Gasteiger partial charge on any atom is -0.475 e. The fourth-order valence-corrected chi connectivity index (χ4v) is 6.91. The number of pyridine rings is 1. The van der Waals surface area contributed by atoms with Crippen LogP contribution in [0.2, 0.25) is 5.02 Å². The molecule has 0 spiro atoms. The Morgan fingerprint density at radius 3 is 2.49 bits per heavy atom. The summed E-state index contributed by atoms with van der Waals surface area (Å²) >= 11 is 7.74. The van der Waals surface area contributed by atoms with E-state index >= 15 is 4.39 Å². The van der Waals surface area contributed by atoms with E-state index in [2.05, 4.69) is 14.9 Å². The first-order valence-corrected chi connectivity index (χ1v) is 16.4. The molecule has 0 radical (unpaired) electrons. The summed E-state index contributed by atoms with van der Waals surface area (Å²) in [6.07, 6.45) is -2.08. The van der Waals surface area contributed by atoms with Crippen LogP contribution in [-0.2, 0) is 4.79 Å². The van der Waals surface area contributed by atoms with Crippen LogP contribution in [0.1, 0.15) is 36.9 Å². The number of likely N-dealkylation sites (tertiary alicyclic amines) is 1. The van der Waals surface area contributed by atoms with Crippen LogP contribution in [0.15, 0.2) is 36.5 Å². The van der Waals surface area contributed by atoms with Crippen molar-refractivity contribution in [2.45, 2.75) is 38.1 Å². The maximum absolute atomic E-state index is 16.8. The van der Waals surface area contributed by atoms with Gasteiger partial charge < -0.3 is 31.1 Å². The first-order valence-electron chi connectivity index (χ1n) is 15.2. The van der Waals surface area contributed by atoms with Crippen molar-refractivity contribution in [3.05, 3.63) is 64.3 Å². The lowest BCUT2D eigenvalue weighted by molar-refractivity contribution is -0.192. The van der Waals surface area contributed by atoms with Gasteiger partial charge in [-0.25, -0.2) is 18.6 Å². The highest BCUT2D eigenvalue weighted by Gasteiger charge is 2.38. The number of halogens is 6. The molecular formula is C33H30ClF5N8O3S. The predicted molar refractivity (Wildman–Crippen MR) is 185 cm³/mol. The van der Waals surface area contributed by atoms with E-state index in [0.717, 1.165) is 42.8 Å². The van der Waals surface area contributed by atoms with Gasteiger partial charge in [-0.2, -0.15) is 28.4 Å². The lowest BCUT2D eigenvalue weighted by atomic mass is 9.97. The molecule has 2 aromatic carbocycles. The Kier molecular flexibility index (Phi) is 10.7. The van der Waals surface area contributed by atoms with Crippen molar-refractivity contribution < 1.29 is 36.6 Å². The van der Waals surface area contributed by atoms with Gasteiger partial charge >= 0.3 is 18.2 Å². The van der Waals surface area contributed by atoms with Gasteiger partial charge in [-0.3, -0.25) is 0 Å². The van der Waals surface area contributed by atoms with Gasteiger partial charge in [0, 0.05) is 48.2 Å². The van der Waals surface area contributed by atoms with Crippen LogP contribution < -0.4 is 21.1 Å². The number of carboxylic acid groups (broad SMARTS) is 1. The largest absolute Gasteiger partial charge is 0.490 e. The molecule has 0 unspecified atom stereocenters. The molecule has 3 aromatic heterocycles. The lowest BCUT2D eigenvalue weighted by Crippen LogP contribution is -2.36. The van der Waals surface area contributed by atoms with Crippen LogP contribution in [0.3, 0.4) is 0 Å². The van der Waals surface area contributed by atoms with Crippen molar-refractivity contribution in [2.75, 3.05) is 43.6 Å². The van der Waals surface area contributed by atoms with Crippen molar-refractivity contribution in [1.29, 1.82) is 5.26 Å². The molecule has 1 saturated heterocycles. The first-order chi connectivity index (χ1) is 24.0. The summed E-state index contributed by atoms with van der Waals surface area (Å²) in [6, 6.07) is 9.59. The van der Waals surface area contributed by atoms with Gasteiger partial charge in [-0.15, -0.1) is 11.3 Å². The van der Waals surface area contributed by atoms with E-state index in [4.69, 9.17) is 42.7 Å². The van der Waals surface area contributed by atoms with Crippen LogP contribution in [0.5, 0.6) is 6.01 Å². The summed E-state index contributed by atoms with van der Waals surface area (Å²) in [5.74, 6) is -3.34. The molecule has 18 heteroatoms. The molecule has 1 aliphatic rings. The number of benzene rings is 2. The Balaban J connectivity index is 0.000000654. The summed E-state index contributed by atoms with van der Waals surface area (Å²) in [4.78, 5) is 26.5. The topological polar surface area (TPSA) is 168 Å². The number of rotatable bonds is 6. The third-order valence-electron chi connectivity index (χ3n) is 8.46. The molecule has 0 aliphatic carbocycles. The minimum absolute atomic E-state index is 0.0224. The number of carbonyl (C=O) groups is 1. The first kappa shape index (κ1) is 37.2. The predicted octanol–water partition coefficient (Wildman–Crippen LogP) is 7.18. The van der Waals surface area contributed by atoms with E-state index in [0.29, 0.717) is 17.0 Å². The summed E-state index contributed by atoms with van der Waals surface area (Å²) in [6.45, 7) is 3.63. The number of fused-ring (bicyclic) bond motifs is 2. The fourth-order valence-electron chi connectivity index (χ4n) is 5.66. The number of carboxylic acids is 1. The second-order valence-electron chi connectivity index (χ2n) is 11.7. The second kappa shape index (κ2) is 14.7. The number of nitriles is 1. The number of anilines is 3. The van der Waals surface area contributed by atoms with Gasteiger partial charge in [0.1, 0.15) is 40.1 Å². The van der Waals surface area contributed by atoms with Crippen LogP contribution in [-0.4, -0.2) is 70.4 Å². The molecule has 6 rings (SSSR count). The van der Waals surface area contributed by atoms with Gasteiger partial charge in [0.2, 0.25) is 0 Å². The van der Waals surface area contributed by atoms with Crippen molar-refractivity contribution in [1.82, 2.24) is 19.9 Å². The highest BCUT2D eigenvalue weighted by Crippen LogP contribution is 2.46. The summed E-state index contributed by atoms with van der Waals surface area (Å²) in [7, 11) is 3.86. The molecule has 0 amide bonds. The number of nitrogens with zero attached hydrogens (tertiary/aromatic N) is 6. The average Bonchev–Trinajstić information content (AvgIpc) is 3.43. The second-order valence-corrected chi connectivity index (χ2v) is 13.2. The Bertz CT molecular complexity index is 2170. The maximum Gasteiger partial charge on any atom is 0.490 e. The van der Waals surface area contributed by atoms with Crippen LogP contribution >= 0.6 is 22.9 Å². The van der Waals surface area contributed by atoms with Gasteiger partial charge in [-0.1, -0.05) is 23.7 Å². The molecule has 51 heavy (non-hydrogen) atoms. The van der Waals surface area contributed by atoms with Gasteiger partial charge in [0.15, 0.2) is 5.82 Å². The Hall–Kier alpha value is -5.05. The molecule has 1 aliphatic heterocycles. The number of nitrogens with two attached hydrogens (primary N) is 2. The molecular weight excluding hydrogens is 719 g/mol. The van der Waals surface area contributed by atoms with Gasteiger partial charge in [0.05, 0.1) is 21.3 Å².